The van der Waals surface area contributed by atoms with Gasteiger partial charge in [0.2, 0.25) is 0 Å². The molecule has 4 nitrogen and oxygen atoms in total. The van der Waals surface area contributed by atoms with E-state index in [1.807, 2.05) is 0 Å². The maximum absolute atomic E-state index is 11.4. The number of ether oxygens (including phenoxy) is 1. The average Bonchev–Trinajstić information content (AvgIpc) is 2.48. The minimum atomic E-state index is 0.0162. The zero-order valence-corrected chi connectivity index (χ0v) is 9.77. The highest BCUT2D eigenvalue weighted by Crippen LogP contribution is 1.98. The molecule has 0 unspecified atom stereocenters. The first-order valence-electron chi connectivity index (χ1n) is 5.40. The largest absolute Gasteiger partial charge is 0.380 e. The lowest BCUT2D eigenvalue weighted by molar-refractivity contribution is 0.115. The molecule has 0 amide bonds. The van der Waals surface area contributed by atoms with Crippen molar-refractivity contribution in [3.8, 4) is 0 Å². The second-order valence-electron chi connectivity index (χ2n) is 4.18. The lowest BCUT2D eigenvalue weighted by atomic mass is 10.1. The molecule has 0 spiro atoms. The number of hydrogen-bond acceptors (Lipinski definition) is 2. The van der Waals surface area contributed by atoms with Crippen molar-refractivity contribution in [3.63, 3.8) is 0 Å². The summed E-state index contributed by atoms with van der Waals surface area (Å²) in [6.07, 6.45) is 4.62. The number of rotatable bonds is 6. The fourth-order valence-corrected chi connectivity index (χ4v) is 1.26. The van der Waals surface area contributed by atoms with Gasteiger partial charge in [-0.3, -0.25) is 4.57 Å². The Balaban J connectivity index is 2.21. The van der Waals surface area contributed by atoms with Crippen LogP contribution in [0.25, 0.3) is 0 Å². The van der Waals surface area contributed by atoms with Crippen molar-refractivity contribution >= 4 is 0 Å². The van der Waals surface area contributed by atoms with E-state index in [0.29, 0.717) is 19.1 Å². The summed E-state index contributed by atoms with van der Waals surface area (Å²) < 4.78 is 8.67. The third-order valence-electron chi connectivity index (χ3n) is 2.33. The molecule has 0 aliphatic heterocycles. The highest BCUT2D eigenvalue weighted by Gasteiger charge is 1.99. The SMILES string of the molecule is CC(C)CCOCCn1ccn(C)c1=O. The maximum atomic E-state index is 11.4. The summed E-state index contributed by atoms with van der Waals surface area (Å²) in [5.74, 6) is 0.671. The number of imidazole rings is 1. The first-order chi connectivity index (χ1) is 7.11. The fourth-order valence-electron chi connectivity index (χ4n) is 1.26. The third kappa shape index (κ3) is 3.91. The van der Waals surface area contributed by atoms with Gasteiger partial charge in [0.15, 0.2) is 0 Å². The highest BCUT2D eigenvalue weighted by molar-refractivity contribution is 4.79. The molecule has 0 saturated carbocycles. The summed E-state index contributed by atoms with van der Waals surface area (Å²) >= 11 is 0. The van der Waals surface area contributed by atoms with Crippen LogP contribution in [0, 0.1) is 5.92 Å². The molecule has 1 aromatic rings. The minimum absolute atomic E-state index is 0.0162. The van der Waals surface area contributed by atoms with Crippen molar-refractivity contribution in [3.05, 3.63) is 22.9 Å². The number of aromatic nitrogens is 2. The van der Waals surface area contributed by atoms with Crippen LogP contribution >= 0.6 is 0 Å². The van der Waals surface area contributed by atoms with E-state index in [1.165, 1.54) is 0 Å². The lowest BCUT2D eigenvalue weighted by Crippen LogP contribution is -2.23. The Kier molecular flexibility index (Phi) is 4.62. The van der Waals surface area contributed by atoms with Gasteiger partial charge in [0.25, 0.3) is 0 Å². The van der Waals surface area contributed by atoms with E-state index in [1.54, 1.807) is 28.6 Å². The van der Waals surface area contributed by atoms with Crippen LogP contribution in [0.4, 0.5) is 0 Å². The molecule has 0 atom stereocenters. The average molecular weight is 212 g/mol. The first-order valence-corrected chi connectivity index (χ1v) is 5.40. The molecule has 86 valence electrons. The predicted molar refractivity (Wildman–Crippen MR) is 59.9 cm³/mol. The molecule has 0 aliphatic rings. The molecule has 0 saturated heterocycles. The zero-order chi connectivity index (χ0) is 11.3. The molecule has 1 aromatic heterocycles. The van der Waals surface area contributed by atoms with Gasteiger partial charge in [-0.2, -0.15) is 0 Å². The quantitative estimate of drug-likeness (QED) is 0.665. The summed E-state index contributed by atoms with van der Waals surface area (Å²) in [7, 11) is 1.75. The molecule has 0 radical (unpaired) electrons. The van der Waals surface area contributed by atoms with Gasteiger partial charge in [-0.05, 0) is 12.3 Å². The number of nitrogens with zero attached hydrogens (tertiary/aromatic N) is 2. The van der Waals surface area contributed by atoms with Crippen LogP contribution in [0.3, 0.4) is 0 Å². The Morgan fingerprint density at radius 3 is 2.60 bits per heavy atom. The van der Waals surface area contributed by atoms with E-state index in [4.69, 9.17) is 4.74 Å². The van der Waals surface area contributed by atoms with Gasteiger partial charge in [-0.15, -0.1) is 0 Å². The predicted octanol–water partition coefficient (Wildman–Crippen LogP) is 1.25. The molecule has 15 heavy (non-hydrogen) atoms. The van der Waals surface area contributed by atoms with Crippen LogP contribution in [-0.4, -0.2) is 22.3 Å². The standard InChI is InChI=1S/C11H20N2O2/c1-10(2)4-8-15-9-7-13-6-5-12(3)11(13)14/h5-6,10H,4,7-9H2,1-3H3. The molecule has 0 bridgehead atoms. The van der Waals surface area contributed by atoms with Crippen LogP contribution in [0.5, 0.6) is 0 Å². The van der Waals surface area contributed by atoms with Gasteiger partial charge < -0.3 is 9.30 Å². The third-order valence-corrected chi connectivity index (χ3v) is 2.33. The molecular weight excluding hydrogens is 192 g/mol. The second kappa shape index (κ2) is 5.75. The van der Waals surface area contributed by atoms with Crippen LogP contribution in [0.15, 0.2) is 17.2 Å². The Bertz CT molecular complexity index is 339. The van der Waals surface area contributed by atoms with Gasteiger partial charge in [0.1, 0.15) is 0 Å². The summed E-state index contributed by atoms with van der Waals surface area (Å²) in [6, 6.07) is 0. The van der Waals surface area contributed by atoms with Gasteiger partial charge in [0, 0.05) is 26.0 Å². The summed E-state index contributed by atoms with van der Waals surface area (Å²) in [5.41, 5.74) is 0.0162. The Hall–Kier alpha value is -1.03. The van der Waals surface area contributed by atoms with E-state index in [2.05, 4.69) is 13.8 Å². The van der Waals surface area contributed by atoms with Crippen molar-refractivity contribution in [1.29, 1.82) is 0 Å². The monoisotopic (exact) mass is 212 g/mol. The second-order valence-corrected chi connectivity index (χ2v) is 4.18. The van der Waals surface area contributed by atoms with E-state index in [-0.39, 0.29) is 5.69 Å². The summed E-state index contributed by atoms with van der Waals surface area (Å²) in [6.45, 7) is 6.36. The Morgan fingerprint density at radius 1 is 1.33 bits per heavy atom. The molecule has 1 heterocycles. The molecule has 0 N–H and O–H groups in total. The minimum Gasteiger partial charge on any atom is -0.380 e. The lowest BCUT2D eigenvalue weighted by Gasteiger charge is -2.06. The molecule has 4 heteroatoms. The maximum Gasteiger partial charge on any atom is 0.327 e. The molecule has 0 aliphatic carbocycles. The van der Waals surface area contributed by atoms with Gasteiger partial charge >= 0.3 is 5.69 Å². The Morgan fingerprint density at radius 2 is 2.07 bits per heavy atom. The summed E-state index contributed by atoms with van der Waals surface area (Å²) in [4.78, 5) is 11.4. The van der Waals surface area contributed by atoms with E-state index in [0.717, 1.165) is 13.0 Å². The Labute approximate surface area is 90.5 Å². The topological polar surface area (TPSA) is 36.2 Å². The van der Waals surface area contributed by atoms with Crippen LogP contribution < -0.4 is 5.69 Å². The first kappa shape index (κ1) is 12.0. The molecule has 0 fully saturated rings. The molecule has 0 aromatic carbocycles. The fraction of sp³-hybridized carbons (Fsp3) is 0.727. The zero-order valence-electron chi connectivity index (χ0n) is 9.77. The van der Waals surface area contributed by atoms with Crippen molar-refractivity contribution in [1.82, 2.24) is 9.13 Å². The summed E-state index contributed by atoms with van der Waals surface area (Å²) in [5, 5.41) is 0. The number of aryl methyl sites for hydroxylation is 1. The van der Waals surface area contributed by atoms with Crippen LogP contribution in [0.1, 0.15) is 20.3 Å². The highest BCUT2D eigenvalue weighted by atomic mass is 16.5. The van der Waals surface area contributed by atoms with Crippen molar-refractivity contribution in [2.45, 2.75) is 26.8 Å². The number of hydrogen-bond donors (Lipinski definition) is 0. The molecular formula is C11H20N2O2. The smallest absolute Gasteiger partial charge is 0.327 e. The molecule has 1 rings (SSSR count). The van der Waals surface area contributed by atoms with Gasteiger partial charge in [0.05, 0.1) is 13.2 Å². The van der Waals surface area contributed by atoms with E-state index >= 15 is 0 Å². The van der Waals surface area contributed by atoms with Gasteiger partial charge in [-0.1, -0.05) is 13.8 Å². The van der Waals surface area contributed by atoms with Crippen LogP contribution in [0.2, 0.25) is 0 Å². The van der Waals surface area contributed by atoms with E-state index < -0.39 is 0 Å². The van der Waals surface area contributed by atoms with Crippen molar-refractivity contribution < 1.29 is 4.74 Å². The van der Waals surface area contributed by atoms with Crippen molar-refractivity contribution in [2.75, 3.05) is 13.2 Å². The van der Waals surface area contributed by atoms with Crippen LogP contribution in [-0.2, 0) is 18.3 Å². The normalized spacial score (nSPS) is 11.2. The van der Waals surface area contributed by atoms with Gasteiger partial charge in [-0.25, -0.2) is 4.79 Å². The van der Waals surface area contributed by atoms with E-state index in [9.17, 15) is 4.79 Å². The van der Waals surface area contributed by atoms with Crippen molar-refractivity contribution in [2.24, 2.45) is 13.0 Å².